The number of rotatable bonds is 8. The zero-order chi connectivity index (χ0) is 22.2. The quantitative estimate of drug-likeness (QED) is 0.620. The summed E-state index contributed by atoms with van der Waals surface area (Å²) < 4.78 is 5.05. The van der Waals surface area contributed by atoms with Gasteiger partial charge < -0.3 is 19.4 Å². The molecule has 0 spiro atoms. The molecule has 0 N–H and O–H groups in total. The first kappa shape index (κ1) is 23.0. The molecule has 1 aromatic heterocycles. The number of amides is 2. The average molecular weight is 446 g/mol. The van der Waals surface area contributed by atoms with Crippen LogP contribution < -0.4 is 4.90 Å². The van der Waals surface area contributed by atoms with E-state index in [1.165, 1.54) is 0 Å². The standard InChI is InChI=1S/C22H28ClN5O3/c1-3-21(29)28(14-15-31-2)16-22(30)27-12-10-26(11-13-27)20-9-8-19(24-25-20)17-6-4-5-7-18(17)23/h4-9H,3,10-16H2,1-2H3. The fourth-order valence-corrected chi connectivity index (χ4v) is 3.70. The minimum atomic E-state index is -0.0438. The lowest BCUT2D eigenvalue weighted by atomic mass is 10.1. The van der Waals surface area contributed by atoms with Crippen LogP contribution in [0.2, 0.25) is 5.02 Å². The van der Waals surface area contributed by atoms with Crippen molar-refractivity contribution < 1.29 is 14.3 Å². The molecule has 0 saturated carbocycles. The lowest BCUT2D eigenvalue weighted by Crippen LogP contribution is -2.52. The molecule has 3 rings (SSSR count). The Morgan fingerprint density at radius 2 is 1.84 bits per heavy atom. The number of carbonyl (C=O) groups is 2. The van der Waals surface area contributed by atoms with E-state index in [0.717, 1.165) is 17.1 Å². The second kappa shape index (κ2) is 11.1. The van der Waals surface area contributed by atoms with E-state index in [1.54, 1.807) is 23.8 Å². The summed E-state index contributed by atoms with van der Waals surface area (Å²) in [4.78, 5) is 30.3. The summed E-state index contributed by atoms with van der Waals surface area (Å²) in [6.07, 6.45) is 0.369. The summed E-state index contributed by atoms with van der Waals surface area (Å²) in [6, 6.07) is 11.4. The van der Waals surface area contributed by atoms with E-state index in [4.69, 9.17) is 16.3 Å². The first-order chi connectivity index (χ1) is 15.0. The van der Waals surface area contributed by atoms with E-state index in [2.05, 4.69) is 15.1 Å². The Kier molecular flexibility index (Phi) is 8.20. The van der Waals surface area contributed by atoms with Crippen molar-refractivity contribution in [1.82, 2.24) is 20.0 Å². The first-order valence-electron chi connectivity index (χ1n) is 10.4. The number of anilines is 1. The number of hydrogen-bond acceptors (Lipinski definition) is 6. The molecule has 2 aromatic rings. The second-order valence-corrected chi connectivity index (χ2v) is 7.69. The topological polar surface area (TPSA) is 78.9 Å². The number of nitrogens with zero attached hydrogens (tertiary/aromatic N) is 5. The van der Waals surface area contributed by atoms with Gasteiger partial charge in [0.1, 0.15) is 0 Å². The number of methoxy groups -OCH3 is 1. The van der Waals surface area contributed by atoms with Crippen molar-refractivity contribution in [3.05, 3.63) is 41.4 Å². The highest BCUT2D eigenvalue weighted by Crippen LogP contribution is 2.26. The van der Waals surface area contributed by atoms with Gasteiger partial charge in [-0.3, -0.25) is 9.59 Å². The van der Waals surface area contributed by atoms with Gasteiger partial charge in [0.2, 0.25) is 11.8 Å². The maximum absolute atomic E-state index is 12.7. The van der Waals surface area contributed by atoms with E-state index in [9.17, 15) is 9.59 Å². The number of carbonyl (C=O) groups excluding carboxylic acids is 2. The Morgan fingerprint density at radius 1 is 1.10 bits per heavy atom. The Hall–Kier alpha value is -2.71. The van der Waals surface area contributed by atoms with Gasteiger partial charge in [-0.15, -0.1) is 10.2 Å². The Bertz CT molecular complexity index is 885. The molecular weight excluding hydrogens is 418 g/mol. The van der Waals surface area contributed by atoms with Gasteiger partial charge in [-0.25, -0.2) is 0 Å². The highest BCUT2D eigenvalue weighted by atomic mass is 35.5. The van der Waals surface area contributed by atoms with E-state index in [0.29, 0.717) is 50.8 Å². The molecule has 1 aliphatic rings. The molecule has 2 heterocycles. The molecule has 0 unspecified atom stereocenters. The summed E-state index contributed by atoms with van der Waals surface area (Å²) in [5.74, 6) is 0.682. The summed E-state index contributed by atoms with van der Waals surface area (Å²) in [7, 11) is 1.58. The van der Waals surface area contributed by atoms with Crippen LogP contribution in [0, 0.1) is 0 Å². The molecule has 1 fully saturated rings. The number of ether oxygens (including phenoxy) is 1. The lowest BCUT2D eigenvalue weighted by Gasteiger charge is -2.36. The fraction of sp³-hybridized carbons (Fsp3) is 0.455. The highest BCUT2D eigenvalue weighted by molar-refractivity contribution is 6.33. The van der Waals surface area contributed by atoms with Crippen molar-refractivity contribution in [1.29, 1.82) is 0 Å². The zero-order valence-electron chi connectivity index (χ0n) is 18.0. The van der Waals surface area contributed by atoms with Gasteiger partial charge in [0.25, 0.3) is 0 Å². The fourth-order valence-electron chi connectivity index (χ4n) is 3.47. The van der Waals surface area contributed by atoms with Gasteiger partial charge in [-0.05, 0) is 18.2 Å². The predicted molar refractivity (Wildman–Crippen MR) is 120 cm³/mol. The van der Waals surface area contributed by atoms with Crippen molar-refractivity contribution in [2.45, 2.75) is 13.3 Å². The maximum Gasteiger partial charge on any atom is 0.242 e. The molecule has 0 radical (unpaired) electrons. The maximum atomic E-state index is 12.7. The van der Waals surface area contributed by atoms with Gasteiger partial charge in [0.05, 0.1) is 23.9 Å². The number of aromatic nitrogens is 2. The molecule has 166 valence electrons. The van der Waals surface area contributed by atoms with Crippen LogP contribution in [0.1, 0.15) is 13.3 Å². The van der Waals surface area contributed by atoms with Crippen LogP contribution in [0.4, 0.5) is 5.82 Å². The number of halogens is 1. The van der Waals surface area contributed by atoms with E-state index >= 15 is 0 Å². The normalized spacial score (nSPS) is 13.9. The van der Waals surface area contributed by atoms with E-state index < -0.39 is 0 Å². The molecule has 1 aliphatic heterocycles. The van der Waals surface area contributed by atoms with Gasteiger partial charge in [0.15, 0.2) is 5.82 Å². The Balaban J connectivity index is 1.56. The summed E-state index contributed by atoms with van der Waals surface area (Å²) in [6.45, 7) is 5.18. The van der Waals surface area contributed by atoms with E-state index in [-0.39, 0.29) is 18.4 Å². The Morgan fingerprint density at radius 3 is 2.45 bits per heavy atom. The SMILES string of the molecule is CCC(=O)N(CCOC)CC(=O)N1CCN(c2ccc(-c3ccccc3Cl)nn2)CC1. The smallest absolute Gasteiger partial charge is 0.242 e. The second-order valence-electron chi connectivity index (χ2n) is 7.29. The van der Waals surface area contributed by atoms with Crippen LogP contribution in [-0.2, 0) is 14.3 Å². The molecule has 1 saturated heterocycles. The monoisotopic (exact) mass is 445 g/mol. The minimum absolute atomic E-state index is 0.0436. The minimum Gasteiger partial charge on any atom is -0.383 e. The first-order valence-corrected chi connectivity index (χ1v) is 10.8. The summed E-state index contributed by atoms with van der Waals surface area (Å²) in [5.41, 5.74) is 1.57. The molecule has 0 aliphatic carbocycles. The Labute approximate surface area is 187 Å². The summed E-state index contributed by atoms with van der Waals surface area (Å²) >= 11 is 6.24. The number of hydrogen-bond donors (Lipinski definition) is 0. The average Bonchev–Trinajstić information content (AvgIpc) is 2.81. The molecule has 31 heavy (non-hydrogen) atoms. The van der Waals surface area contributed by atoms with Crippen LogP contribution in [0.15, 0.2) is 36.4 Å². The van der Waals surface area contributed by atoms with Gasteiger partial charge in [-0.2, -0.15) is 0 Å². The molecule has 0 atom stereocenters. The van der Waals surface area contributed by atoms with Crippen LogP contribution in [0.3, 0.4) is 0 Å². The lowest BCUT2D eigenvalue weighted by molar-refractivity contribution is -0.141. The zero-order valence-corrected chi connectivity index (χ0v) is 18.7. The van der Waals surface area contributed by atoms with Crippen molar-refractivity contribution in [2.75, 3.05) is 57.9 Å². The van der Waals surface area contributed by atoms with Crippen LogP contribution in [0.5, 0.6) is 0 Å². The largest absolute Gasteiger partial charge is 0.383 e. The van der Waals surface area contributed by atoms with E-state index in [1.807, 2.05) is 36.4 Å². The third kappa shape index (κ3) is 5.92. The predicted octanol–water partition coefficient (Wildman–Crippen LogP) is 2.33. The van der Waals surface area contributed by atoms with Crippen LogP contribution in [-0.4, -0.2) is 84.8 Å². The van der Waals surface area contributed by atoms with Crippen molar-refractivity contribution in [3.63, 3.8) is 0 Å². The third-order valence-corrected chi connectivity index (χ3v) is 5.63. The third-order valence-electron chi connectivity index (χ3n) is 5.30. The highest BCUT2D eigenvalue weighted by Gasteiger charge is 2.25. The number of benzene rings is 1. The van der Waals surface area contributed by atoms with Crippen molar-refractivity contribution >= 4 is 29.2 Å². The molecule has 9 heteroatoms. The van der Waals surface area contributed by atoms with Crippen LogP contribution >= 0.6 is 11.6 Å². The van der Waals surface area contributed by atoms with Gasteiger partial charge >= 0.3 is 0 Å². The van der Waals surface area contributed by atoms with Gasteiger partial charge in [0, 0.05) is 51.8 Å². The van der Waals surface area contributed by atoms with Crippen molar-refractivity contribution in [2.24, 2.45) is 0 Å². The van der Waals surface area contributed by atoms with Gasteiger partial charge in [-0.1, -0.05) is 36.7 Å². The molecular formula is C22H28ClN5O3. The summed E-state index contributed by atoms with van der Waals surface area (Å²) in [5, 5.41) is 9.31. The van der Waals surface area contributed by atoms with Crippen LogP contribution in [0.25, 0.3) is 11.3 Å². The molecule has 1 aromatic carbocycles. The van der Waals surface area contributed by atoms with Crippen molar-refractivity contribution in [3.8, 4) is 11.3 Å². The number of piperazine rings is 1. The molecule has 0 bridgehead atoms. The molecule has 8 nitrogen and oxygen atoms in total. The molecule has 2 amide bonds.